The lowest BCUT2D eigenvalue weighted by Gasteiger charge is -2.37. The first-order valence-electron chi connectivity index (χ1n) is 10.6. The maximum Gasteiger partial charge on any atom is 0.573 e. The van der Waals surface area contributed by atoms with Crippen molar-refractivity contribution in [2.45, 2.75) is 83.9 Å². The molecule has 0 radical (unpaired) electrons. The van der Waals surface area contributed by atoms with Crippen LogP contribution >= 0.6 is 0 Å². The monoisotopic (exact) mass is 388 g/mol. The fraction of sp³-hybridized carbons (Fsp3) is 0.818. The van der Waals surface area contributed by atoms with E-state index in [-0.39, 0.29) is 5.92 Å². The Morgan fingerprint density at radius 3 is 2.07 bits per heavy atom. The molecule has 0 amide bonds. The molecular weight excluding hydrogens is 356 g/mol. The molecule has 3 aliphatic carbocycles. The third-order valence-corrected chi connectivity index (χ3v) is 7.01. The van der Waals surface area contributed by atoms with Crippen LogP contribution in [0.5, 0.6) is 0 Å². The summed E-state index contributed by atoms with van der Waals surface area (Å²) in [5.41, 5.74) is 0. The Balaban J connectivity index is 1.37. The van der Waals surface area contributed by atoms with Gasteiger partial charge >= 0.3 is 6.36 Å². The topological polar surface area (TPSA) is 9.23 Å². The van der Waals surface area contributed by atoms with Gasteiger partial charge in [-0.1, -0.05) is 32.6 Å². The predicted molar refractivity (Wildman–Crippen MR) is 98.3 cm³/mol. The average Bonchev–Trinajstić information content (AvgIpc) is 2.62. The summed E-state index contributed by atoms with van der Waals surface area (Å²) < 4.78 is 54.3. The van der Waals surface area contributed by atoms with Gasteiger partial charge in [-0.3, -0.25) is 0 Å². The van der Waals surface area contributed by atoms with Crippen molar-refractivity contribution >= 4 is 0 Å². The van der Waals surface area contributed by atoms with E-state index >= 15 is 0 Å². The maximum atomic E-state index is 13.8. The molecule has 0 bridgehead atoms. The second-order valence-corrected chi connectivity index (χ2v) is 9.00. The lowest BCUT2D eigenvalue weighted by molar-refractivity contribution is -0.305. The molecule has 0 aliphatic heterocycles. The van der Waals surface area contributed by atoms with Crippen molar-refractivity contribution in [3.8, 4) is 0 Å². The first kappa shape index (κ1) is 20.7. The molecule has 0 saturated heterocycles. The summed E-state index contributed by atoms with van der Waals surface area (Å²) in [7, 11) is 0. The van der Waals surface area contributed by atoms with Gasteiger partial charge in [-0.05, 0) is 86.7 Å². The normalized spacial score (nSPS) is 35.4. The highest BCUT2D eigenvalue weighted by Gasteiger charge is 2.34. The molecule has 0 heterocycles. The minimum absolute atomic E-state index is 0.0110. The molecule has 0 spiro atoms. The molecule has 2 fully saturated rings. The van der Waals surface area contributed by atoms with Gasteiger partial charge in [0, 0.05) is 0 Å². The molecule has 0 N–H and O–H groups in total. The van der Waals surface area contributed by atoms with E-state index in [0.29, 0.717) is 12.3 Å². The van der Waals surface area contributed by atoms with Gasteiger partial charge in [-0.15, -0.1) is 13.2 Å². The molecule has 0 aromatic heterocycles. The predicted octanol–water partition coefficient (Wildman–Crippen LogP) is 7.69. The highest BCUT2D eigenvalue weighted by Crippen LogP contribution is 2.42. The zero-order valence-corrected chi connectivity index (χ0v) is 16.2. The number of ether oxygens (including phenoxy) is 1. The van der Waals surface area contributed by atoms with Gasteiger partial charge < -0.3 is 4.74 Å². The smallest absolute Gasteiger partial charge is 0.403 e. The average molecular weight is 388 g/mol. The van der Waals surface area contributed by atoms with Gasteiger partial charge in [-0.25, -0.2) is 4.39 Å². The Morgan fingerprint density at radius 2 is 1.52 bits per heavy atom. The molecule has 1 nitrogen and oxygen atoms in total. The molecule has 3 rings (SSSR count). The Bertz CT molecular complexity index is 535. The van der Waals surface area contributed by atoms with Crippen molar-refractivity contribution in [2.75, 3.05) is 0 Å². The number of allylic oxidation sites excluding steroid dienone is 3. The van der Waals surface area contributed by atoms with E-state index < -0.39 is 17.9 Å². The Hall–Kier alpha value is -1.00. The number of halogens is 4. The minimum atomic E-state index is -4.83. The highest BCUT2D eigenvalue weighted by molar-refractivity contribution is 5.24. The van der Waals surface area contributed by atoms with E-state index in [9.17, 15) is 17.6 Å². The van der Waals surface area contributed by atoms with Crippen LogP contribution in [0.15, 0.2) is 23.7 Å². The van der Waals surface area contributed by atoms with Crippen molar-refractivity contribution < 1.29 is 22.3 Å². The van der Waals surface area contributed by atoms with Gasteiger partial charge in [0.1, 0.15) is 0 Å². The van der Waals surface area contributed by atoms with E-state index in [4.69, 9.17) is 0 Å². The van der Waals surface area contributed by atoms with Crippen LogP contribution in [0, 0.1) is 29.6 Å². The largest absolute Gasteiger partial charge is 0.573 e. The maximum absolute atomic E-state index is 13.8. The SMILES string of the molecule is CC1CCC(C2CCC(CCC3C=C(F)C(OC(F)(F)F)=CC3)CC2)CC1. The molecule has 1 unspecified atom stereocenters. The van der Waals surface area contributed by atoms with Crippen molar-refractivity contribution in [1.29, 1.82) is 0 Å². The summed E-state index contributed by atoms with van der Waals surface area (Å²) in [6.07, 6.45) is 10.8. The number of hydrogen-bond acceptors (Lipinski definition) is 1. The van der Waals surface area contributed by atoms with Crippen LogP contribution in [0.25, 0.3) is 0 Å². The molecule has 2 saturated carbocycles. The lowest BCUT2D eigenvalue weighted by atomic mass is 9.68. The molecule has 3 aliphatic rings. The van der Waals surface area contributed by atoms with Crippen LogP contribution in [-0.2, 0) is 4.74 Å². The Kier molecular flexibility index (Phi) is 6.91. The highest BCUT2D eigenvalue weighted by atomic mass is 19.4. The first-order chi connectivity index (χ1) is 12.8. The van der Waals surface area contributed by atoms with Crippen molar-refractivity contribution in [1.82, 2.24) is 0 Å². The van der Waals surface area contributed by atoms with Gasteiger partial charge in [0.25, 0.3) is 0 Å². The minimum Gasteiger partial charge on any atom is -0.403 e. The standard InChI is InChI=1S/C22H32F4O/c1-15-2-9-18(10-3-15)19-11-6-16(7-12-19)4-5-17-8-13-21(20(23)14-17)27-22(24,25)26/h13-19H,2-12H2,1H3. The van der Waals surface area contributed by atoms with Crippen LogP contribution in [-0.4, -0.2) is 6.36 Å². The van der Waals surface area contributed by atoms with Crippen LogP contribution in [0.2, 0.25) is 0 Å². The Labute approximate surface area is 160 Å². The van der Waals surface area contributed by atoms with Gasteiger partial charge in [-0.2, -0.15) is 0 Å². The van der Waals surface area contributed by atoms with E-state index in [1.54, 1.807) is 0 Å². The molecule has 154 valence electrons. The van der Waals surface area contributed by atoms with Crippen molar-refractivity contribution in [3.05, 3.63) is 23.7 Å². The number of hydrogen-bond donors (Lipinski definition) is 0. The van der Waals surface area contributed by atoms with Crippen molar-refractivity contribution in [2.24, 2.45) is 29.6 Å². The quantitative estimate of drug-likeness (QED) is 0.439. The summed E-state index contributed by atoms with van der Waals surface area (Å²) in [6, 6.07) is 0. The van der Waals surface area contributed by atoms with Crippen LogP contribution in [0.3, 0.4) is 0 Å². The van der Waals surface area contributed by atoms with E-state index in [2.05, 4.69) is 11.7 Å². The molecule has 27 heavy (non-hydrogen) atoms. The van der Waals surface area contributed by atoms with E-state index in [1.807, 2.05) is 0 Å². The zero-order chi connectivity index (χ0) is 19.4. The molecule has 0 aromatic rings. The molecule has 5 heteroatoms. The third kappa shape index (κ3) is 6.25. The zero-order valence-electron chi connectivity index (χ0n) is 16.2. The van der Waals surface area contributed by atoms with Crippen LogP contribution < -0.4 is 0 Å². The first-order valence-corrected chi connectivity index (χ1v) is 10.6. The van der Waals surface area contributed by atoms with E-state index in [1.165, 1.54) is 63.5 Å². The summed E-state index contributed by atoms with van der Waals surface area (Å²) in [4.78, 5) is 0. The summed E-state index contributed by atoms with van der Waals surface area (Å²) in [5, 5.41) is 0. The lowest BCUT2D eigenvalue weighted by Crippen LogP contribution is -2.25. The van der Waals surface area contributed by atoms with E-state index in [0.717, 1.165) is 30.6 Å². The molecule has 0 aromatic carbocycles. The fourth-order valence-electron chi connectivity index (χ4n) is 5.28. The summed E-state index contributed by atoms with van der Waals surface area (Å²) >= 11 is 0. The summed E-state index contributed by atoms with van der Waals surface area (Å²) in [6.45, 7) is 2.36. The Morgan fingerprint density at radius 1 is 0.926 bits per heavy atom. The van der Waals surface area contributed by atoms with Crippen LogP contribution in [0.4, 0.5) is 17.6 Å². The second-order valence-electron chi connectivity index (χ2n) is 9.00. The summed E-state index contributed by atoms with van der Waals surface area (Å²) in [5.74, 6) is 1.85. The third-order valence-electron chi connectivity index (χ3n) is 7.01. The van der Waals surface area contributed by atoms with Gasteiger partial charge in [0.15, 0.2) is 11.6 Å². The molecule has 1 atom stereocenters. The molecular formula is C22H32F4O. The van der Waals surface area contributed by atoms with Gasteiger partial charge in [0.05, 0.1) is 0 Å². The number of alkyl halides is 3. The number of rotatable bonds is 5. The van der Waals surface area contributed by atoms with Crippen molar-refractivity contribution in [3.63, 3.8) is 0 Å². The fourth-order valence-corrected chi connectivity index (χ4v) is 5.28. The van der Waals surface area contributed by atoms with Gasteiger partial charge in [0.2, 0.25) is 0 Å². The second kappa shape index (κ2) is 9.00. The van der Waals surface area contributed by atoms with Crippen LogP contribution in [0.1, 0.15) is 77.6 Å².